The average molecular weight is 270 g/mol. The maximum Gasteiger partial charge on any atom is 0.220 e. The maximum absolute atomic E-state index is 11.7. The molecule has 112 valence electrons. The molecule has 1 fully saturated rings. The van der Waals surface area contributed by atoms with Crippen molar-refractivity contribution in [2.75, 3.05) is 46.3 Å². The summed E-state index contributed by atoms with van der Waals surface area (Å²) in [5.41, 5.74) is 5.46. The van der Waals surface area contributed by atoms with Gasteiger partial charge in [0.05, 0.1) is 0 Å². The van der Waals surface area contributed by atoms with Gasteiger partial charge in [0.15, 0.2) is 0 Å². The van der Waals surface area contributed by atoms with Gasteiger partial charge in [0, 0.05) is 44.7 Å². The van der Waals surface area contributed by atoms with E-state index in [1.54, 1.807) is 0 Å². The zero-order valence-electron chi connectivity index (χ0n) is 12.7. The van der Waals surface area contributed by atoms with E-state index in [-0.39, 0.29) is 11.4 Å². The summed E-state index contributed by atoms with van der Waals surface area (Å²) < 4.78 is 0. The number of hydrogen-bond acceptors (Lipinski definition) is 4. The summed E-state index contributed by atoms with van der Waals surface area (Å²) in [7, 11) is 2.16. The van der Waals surface area contributed by atoms with Crippen molar-refractivity contribution < 1.29 is 4.79 Å². The number of carbonyl (C=O) groups is 1. The van der Waals surface area contributed by atoms with E-state index >= 15 is 0 Å². The molecule has 5 nitrogen and oxygen atoms in total. The smallest absolute Gasteiger partial charge is 0.220 e. The van der Waals surface area contributed by atoms with Crippen LogP contribution in [0.2, 0.25) is 0 Å². The van der Waals surface area contributed by atoms with Crippen LogP contribution in [0, 0.1) is 0 Å². The number of rotatable bonds is 7. The molecule has 0 aliphatic carbocycles. The Labute approximate surface area is 117 Å². The van der Waals surface area contributed by atoms with Crippen LogP contribution in [0.5, 0.6) is 0 Å². The van der Waals surface area contributed by atoms with Gasteiger partial charge in [0.2, 0.25) is 5.91 Å². The Bertz CT molecular complexity index is 273. The van der Waals surface area contributed by atoms with E-state index in [1.807, 2.05) is 0 Å². The summed E-state index contributed by atoms with van der Waals surface area (Å²) in [5.74, 6) is 0.149. The van der Waals surface area contributed by atoms with Crippen molar-refractivity contribution in [3.63, 3.8) is 0 Å². The molecule has 0 unspecified atom stereocenters. The van der Waals surface area contributed by atoms with Gasteiger partial charge < -0.3 is 16.0 Å². The molecular formula is C14H30N4O. The molecule has 0 spiro atoms. The maximum atomic E-state index is 11.7. The highest BCUT2D eigenvalue weighted by atomic mass is 16.1. The number of nitrogens with zero attached hydrogens (tertiary/aromatic N) is 2. The first-order valence-electron chi connectivity index (χ1n) is 7.36. The van der Waals surface area contributed by atoms with Crippen LogP contribution in [0.1, 0.15) is 33.1 Å². The molecule has 0 radical (unpaired) electrons. The van der Waals surface area contributed by atoms with Crippen molar-refractivity contribution in [3.8, 4) is 0 Å². The lowest BCUT2D eigenvalue weighted by molar-refractivity contribution is -0.121. The summed E-state index contributed by atoms with van der Waals surface area (Å²) in [6, 6.07) is 0. The Morgan fingerprint density at radius 2 is 1.84 bits per heavy atom. The molecular weight excluding hydrogens is 240 g/mol. The van der Waals surface area contributed by atoms with Gasteiger partial charge in [-0.1, -0.05) is 0 Å². The highest BCUT2D eigenvalue weighted by Crippen LogP contribution is 2.15. The van der Waals surface area contributed by atoms with E-state index in [9.17, 15) is 4.79 Å². The third-order valence-corrected chi connectivity index (χ3v) is 3.94. The summed E-state index contributed by atoms with van der Waals surface area (Å²) in [6.07, 6.45) is 2.41. The van der Waals surface area contributed by atoms with E-state index < -0.39 is 0 Å². The first-order chi connectivity index (χ1) is 8.95. The molecule has 0 saturated carbocycles. The zero-order chi connectivity index (χ0) is 14.3. The number of unbranched alkanes of at least 4 members (excludes halogenated alkanes) is 1. The summed E-state index contributed by atoms with van der Waals surface area (Å²) in [6.45, 7) is 10.2. The molecule has 5 heteroatoms. The molecule has 0 aromatic heterocycles. The van der Waals surface area contributed by atoms with Crippen molar-refractivity contribution in [2.45, 2.75) is 38.6 Å². The quantitative estimate of drug-likeness (QED) is 0.651. The van der Waals surface area contributed by atoms with Crippen LogP contribution in [0.25, 0.3) is 0 Å². The van der Waals surface area contributed by atoms with Gasteiger partial charge in [0.25, 0.3) is 0 Å². The second-order valence-electron chi connectivity index (χ2n) is 6.13. The molecule has 1 aliphatic heterocycles. The Morgan fingerprint density at radius 1 is 1.21 bits per heavy atom. The SMILES string of the molecule is CN1CCN(C(C)(C)CNC(=O)CCCCN)CC1. The van der Waals surface area contributed by atoms with Gasteiger partial charge in [0.1, 0.15) is 0 Å². The minimum atomic E-state index is 0.0325. The summed E-state index contributed by atoms with van der Waals surface area (Å²) in [4.78, 5) is 16.5. The van der Waals surface area contributed by atoms with Crippen LogP contribution in [0.3, 0.4) is 0 Å². The number of hydrogen-bond donors (Lipinski definition) is 2. The van der Waals surface area contributed by atoms with Gasteiger partial charge in [-0.25, -0.2) is 0 Å². The Hall–Kier alpha value is -0.650. The topological polar surface area (TPSA) is 61.6 Å². The number of nitrogens with two attached hydrogens (primary N) is 1. The monoisotopic (exact) mass is 270 g/mol. The molecule has 3 N–H and O–H groups in total. The van der Waals surface area contributed by atoms with E-state index in [0.29, 0.717) is 13.0 Å². The third kappa shape index (κ3) is 5.89. The summed E-state index contributed by atoms with van der Waals surface area (Å²) in [5, 5.41) is 3.06. The van der Waals surface area contributed by atoms with Crippen molar-refractivity contribution in [2.24, 2.45) is 5.73 Å². The fourth-order valence-electron chi connectivity index (χ4n) is 2.36. The first-order valence-corrected chi connectivity index (χ1v) is 7.36. The lowest BCUT2D eigenvalue weighted by Crippen LogP contribution is -2.57. The second kappa shape index (κ2) is 7.82. The number of carbonyl (C=O) groups excluding carboxylic acids is 1. The Balaban J connectivity index is 2.27. The number of likely N-dealkylation sites (N-methyl/N-ethyl adjacent to an activating group) is 1. The van der Waals surface area contributed by atoms with Crippen LogP contribution in [-0.4, -0.2) is 67.6 Å². The largest absolute Gasteiger partial charge is 0.354 e. The van der Waals surface area contributed by atoms with Gasteiger partial charge in [-0.3, -0.25) is 9.69 Å². The highest BCUT2D eigenvalue weighted by molar-refractivity contribution is 5.75. The molecule has 1 saturated heterocycles. The Morgan fingerprint density at radius 3 is 2.42 bits per heavy atom. The molecule has 1 rings (SSSR count). The molecule has 19 heavy (non-hydrogen) atoms. The van der Waals surface area contributed by atoms with Crippen molar-refractivity contribution >= 4 is 5.91 Å². The lowest BCUT2D eigenvalue weighted by atomic mass is 10.0. The molecule has 1 aliphatic rings. The predicted molar refractivity (Wildman–Crippen MR) is 79.1 cm³/mol. The van der Waals surface area contributed by atoms with E-state index in [1.165, 1.54) is 0 Å². The van der Waals surface area contributed by atoms with Crippen molar-refractivity contribution in [1.82, 2.24) is 15.1 Å². The van der Waals surface area contributed by atoms with Crippen LogP contribution in [0.4, 0.5) is 0 Å². The normalized spacial score (nSPS) is 18.5. The van der Waals surface area contributed by atoms with E-state index in [4.69, 9.17) is 5.73 Å². The number of amides is 1. The predicted octanol–water partition coefficient (Wildman–Crippen LogP) is 0.258. The Kier molecular flexibility index (Phi) is 6.75. The van der Waals surface area contributed by atoms with Gasteiger partial charge >= 0.3 is 0 Å². The van der Waals surface area contributed by atoms with Crippen LogP contribution in [-0.2, 0) is 4.79 Å². The fourth-order valence-corrected chi connectivity index (χ4v) is 2.36. The minimum absolute atomic E-state index is 0.0325. The number of nitrogens with one attached hydrogen (secondary N) is 1. The molecule has 1 amide bonds. The standard InChI is InChI=1S/C14H30N4O/c1-14(2,18-10-8-17(3)9-11-18)12-16-13(19)6-4-5-7-15/h4-12,15H2,1-3H3,(H,16,19). The molecule has 0 atom stereocenters. The molecule has 0 aromatic rings. The average Bonchev–Trinajstić information content (AvgIpc) is 2.37. The second-order valence-corrected chi connectivity index (χ2v) is 6.13. The van der Waals surface area contributed by atoms with Gasteiger partial charge in [-0.2, -0.15) is 0 Å². The van der Waals surface area contributed by atoms with Gasteiger partial charge in [-0.15, -0.1) is 0 Å². The molecule has 1 heterocycles. The number of piperazine rings is 1. The minimum Gasteiger partial charge on any atom is -0.354 e. The van der Waals surface area contributed by atoms with Crippen LogP contribution in [0.15, 0.2) is 0 Å². The van der Waals surface area contributed by atoms with E-state index in [2.05, 4.69) is 36.0 Å². The zero-order valence-corrected chi connectivity index (χ0v) is 12.7. The fraction of sp³-hybridized carbons (Fsp3) is 0.929. The van der Waals surface area contributed by atoms with Crippen molar-refractivity contribution in [3.05, 3.63) is 0 Å². The lowest BCUT2D eigenvalue weighted by Gasteiger charge is -2.43. The van der Waals surface area contributed by atoms with Crippen LogP contribution < -0.4 is 11.1 Å². The molecule has 0 bridgehead atoms. The van der Waals surface area contributed by atoms with Gasteiger partial charge in [-0.05, 0) is 40.3 Å². The first kappa shape index (κ1) is 16.4. The van der Waals surface area contributed by atoms with Crippen molar-refractivity contribution in [1.29, 1.82) is 0 Å². The van der Waals surface area contributed by atoms with Crippen LogP contribution >= 0.6 is 0 Å². The highest BCUT2D eigenvalue weighted by Gasteiger charge is 2.29. The third-order valence-electron chi connectivity index (χ3n) is 3.94. The molecule has 0 aromatic carbocycles. The van der Waals surface area contributed by atoms with E-state index in [0.717, 1.165) is 45.6 Å². The summed E-state index contributed by atoms with van der Waals surface area (Å²) >= 11 is 0.